The van der Waals surface area contributed by atoms with E-state index in [1.54, 1.807) is 4.90 Å². The van der Waals surface area contributed by atoms with Gasteiger partial charge in [0.1, 0.15) is 0 Å². The number of hydrogen-bond acceptors (Lipinski definition) is 3. The highest BCUT2D eigenvalue weighted by Gasteiger charge is 2.26. The molecule has 1 saturated heterocycles. The molecule has 6 heteroatoms. The van der Waals surface area contributed by atoms with Crippen LogP contribution in [0.4, 0.5) is 5.69 Å². The van der Waals surface area contributed by atoms with Crippen LogP contribution in [0.3, 0.4) is 0 Å². The zero-order chi connectivity index (χ0) is 16.8. The summed E-state index contributed by atoms with van der Waals surface area (Å²) < 4.78 is 0.841. The first-order valence-electron chi connectivity index (χ1n) is 8.02. The topological polar surface area (TPSA) is 52.7 Å². The molecule has 23 heavy (non-hydrogen) atoms. The molecule has 0 spiro atoms. The third kappa shape index (κ3) is 5.04. The van der Waals surface area contributed by atoms with E-state index in [1.165, 1.54) is 6.42 Å². The van der Waals surface area contributed by atoms with Crippen LogP contribution >= 0.6 is 15.9 Å². The van der Waals surface area contributed by atoms with Crippen molar-refractivity contribution in [2.24, 2.45) is 0 Å². The second-order valence-electron chi connectivity index (χ2n) is 6.01. The number of nitrogens with zero attached hydrogens (tertiary/aromatic N) is 2. The van der Waals surface area contributed by atoms with E-state index in [1.807, 2.05) is 43.1 Å². The normalized spacial score (nSPS) is 16.3. The first kappa shape index (κ1) is 17.9. The van der Waals surface area contributed by atoms with Crippen molar-refractivity contribution in [3.8, 4) is 0 Å². The van der Waals surface area contributed by atoms with Gasteiger partial charge in [0, 0.05) is 17.6 Å². The fourth-order valence-corrected chi connectivity index (χ4v) is 3.07. The Hall–Kier alpha value is -1.40. The molecule has 1 aliphatic rings. The maximum absolute atomic E-state index is 12.5. The molecule has 1 aromatic rings. The SMILES string of the molecule is C[C@H](C(=O)N1CCCCC1)N(C)CC(=O)Nc1ccccc1Br. The summed E-state index contributed by atoms with van der Waals surface area (Å²) in [7, 11) is 1.81. The van der Waals surface area contributed by atoms with Gasteiger partial charge in [-0.05, 0) is 61.3 Å². The van der Waals surface area contributed by atoms with Gasteiger partial charge in [0.05, 0.1) is 18.3 Å². The molecule has 0 unspecified atom stereocenters. The molecular weight excluding hydrogens is 358 g/mol. The number of likely N-dealkylation sites (tertiary alicyclic amines) is 1. The molecular formula is C17H24BrN3O2. The fourth-order valence-electron chi connectivity index (χ4n) is 2.68. The summed E-state index contributed by atoms with van der Waals surface area (Å²) in [5.74, 6) is -0.0152. The van der Waals surface area contributed by atoms with Gasteiger partial charge in [-0.2, -0.15) is 0 Å². The Morgan fingerprint density at radius 2 is 1.91 bits per heavy atom. The molecule has 126 valence electrons. The highest BCUT2D eigenvalue weighted by molar-refractivity contribution is 9.10. The van der Waals surface area contributed by atoms with E-state index in [-0.39, 0.29) is 24.4 Å². The number of nitrogens with one attached hydrogen (secondary N) is 1. The standard InChI is InChI=1S/C17H24BrN3O2/c1-13(17(23)21-10-6-3-7-11-21)20(2)12-16(22)19-15-9-5-4-8-14(15)18/h4-5,8-9,13H,3,6-7,10-12H2,1-2H3,(H,19,22)/t13-/m1/s1. The van der Waals surface area contributed by atoms with Gasteiger partial charge in [0.15, 0.2) is 0 Å². The van der Waals surface area contributed by atoms with Crippen LogP contribution in [0.2, 0.25) is 0 Å². The summed E-state index contributed by atoms with van der Waals surface area (Å²) in [5, 5.41) is 2.86. The van der Waals surface area contributed by atoms with Gasteiger partial charge < -0.3 is 10.2 Å². The van der Waals surface area contributed by atoms with Crippen molar-refractivity contribution >= 4 is 33.4 Å². The van der Waals surface area contributed by atoms with Gasteiger partial charge in [-0.1, -0.05) is 12.1 Å². The molecule has 5 nitrogen and oxygen atoms in total. The molecule has 0 radical (unpaired) electrons. The van der Waals surface area contributed by atoms with Crippen LogP contribution in [0.1, 0.15) is 26.2 Å². The number of carbonyl (C=O) groups is 2. The van der Waals surface area contributed by atoms with E-state index in [4.69, 9.17) is 0 Å². The number of carbonyl (C=O) groups excluding carboxylic acids is 2. The maximum atomic E-state index is 12.5. The third-order valence-electron chi connectivity index (χ3n) is 4.23. The van der Waals surface area contributed by atoms with E-state index in [2.05, 4.69) is 21.2 Å². The molecule has 2 amide bonds. The predicted molar refractivity (Wildman–Crippen MR) is 95.3 cm³/mol. The molecule has 1 fully saturated rings. The lowest BCUT2D eigenvalue weighted by Crippen LogP contribution is -2.49. The van der Waals surface area contributed by atoms with Crippen molar-refractivity contribution in [1.82, 2.24) is 9.80 Å². The minimum Gasteiger partial charge on any atom is -0.341 e. The summed E-state index contributed by atoms with van der Waals surface area (Å²) in [6.45, 7) is 3.71. The maximum Gasteiger partial charge on any atom is 0.239 e. The molecule has 1 heterocycles. The lowest BCUT2D eigenvalue weighted by atomic mass is 10.1. The van der Waals surface area contributed by atoms with Gasteiger partial charge in [-0.15, -0.1) is 0 Å². The first-order chi connectivity index (χ1) is 11.0. The Kier molecular flexibility index (Phi) is 6.59. The van der Waals surface area contributed by atoms with E-state index in [9.17, 15) is 9.59 Å². The van der Waals surface area contributed by atoms with E-state index in [0.717, 1.165) is 36.1 Å². The smallest absolute Gasteiger partial charge is 0.239 e. The number of hydrogen-bond donors (Lipinski definition) is 1. The highest BCUT2D eigenvalue weighted by Crippen LogP contribution is 2.21. The second kappa shape index (κ2) is 8.45. The molecule has 1 atom stereocenters. The van der Waals surface area contributed by atoms with Crippen LogP contribution in [-0.2, 0) is 9.59 Å². The Labute approximate surface area is 146 Å². The Morgan fingerprint density at radius 3 is 2.57 bits per heavy atom. The summed E-state index contributed by atoms with van der Waals surface area (Å²) in [5.41, 5.74) is 0.737. The van der Waals surface area contributed by atoms with Crippen LogP contribution in [0.25, 0.3) is 0 Å². The number of halogens is 1. The lowest BCUT2D eigenvalue weighted by Gasteiger charge is -2.32. The zero-order valence-electron chi connectivity index (χ0n) is 13.7. The van der Waals surface area contributed by atoms with Crippen LogP contribution in [0.15, 0.2) is 28.7 Å². The lowest BCUT2D eigenvalue weighted by molar-refractivity contribution is -0.137. The van der Waals surface area contributed by atoms with Crippen LogP contribution in [0, 0.1) is 0 Å². The van der Waals surface area contributed by atoms with Gasteiger partial charge in [-0.3, -0.25) is 14.5 Å². The number of rotatable bonds is 5. The fraction of sp³-hybridized carbons (Fsp3) is 0.529. The minimum absolute atomic E-state index is 0.112. The minimum atomic E-state index is -0.293. The number of likely N-dealkylation sites (N-methyl/N-ethyl adjacent to an activating group) is 1. The summed E-state index contributed by atoms with van der Waals surface area (Å²) in [4.78, 5) is 28.4. The molecule has 1 aliphatic heterocycles. The number of amides is 2. The molecule has 0 aliphatic carbocycles. The van der Waals surface area contributed by atoms with Crippen LogP contribution in [-0.4, -0.2) is 54.3 Å². The van der Waals surface area contributed by atoms with Crippen molar-refractivity contribution in [3.63, 3.8) is 0 Å². The monoisotopic (exact) mass is 381 g/mol. The number of anilines is 1. The largest absolute Gasteiger partial charge is 0.341 e. The summed E-state index contributed by atoms with van der Waals surface area (Å²) in [6, 6.07) is 7.18. The van der Waals surface area contributed by atoms with Gasteiger partial charge >= 0.3 is 0 Å². The highest BCUT2D eigenvalue weighted by atomic mass is 79.9. The van der Waals surface area contributed by atoms with E-state index in [0.29, 0.717) is 0 Å². The number of para-hydroxylation sites is 1. The Bertz CT molecular complexity index is 559. The average Bonchev–Trinajstić information content (AvgIpc) is 2.56. The quantitative estimate of drug-likeness (QED) is 0.852. The molecule has 2 rings (SSSR count). The van der Waals surface area contributed by atoms with E-state index < -0.39 is 0 Å². The molecule has 1 N–H and O–H groups in total. The van der Waals surface area contributed by atoms with Gasteiger partial charge in [0.25, 0.3) is 0 Å². The zero-order valence-corrected chi connectivity index (χ0v) is 15.3. The molecule has 0 saturated carbocycles. The van der Waals surface area contributed by atoms with Crippen molar-refractivity contribution in [2.45, 2.75) is 32.2 Å². The molecule has 0 aromatic heterocycles. The van der Waals surface area contributed by atoms with Crippen molar-refractivity contribution in [1.29, 1.82) is 0 Å². The van der Waals surface area contributed by atoms with Gasteiger partial charge in [0.2, 0.25) is 11.8 Å². The average molecular weight is 382 g/mol. The van der Waals surface area contributed by atoms with Crippen LogP contribution in [0.5, 0.6) is 0 Å². The van der Waals surface area contributed by atoms with Crippen molar-refractivity contribution in [2.75, 3.05) is 32.0 Å². The Balaban J connectivity index is 1.87. The number of benzene rings is 1. The van der Waals surface area contributed by atoms with Gasteiger partial charge in [-0.25, -0.2) is 0 Å². The predicted octanol–water partition coefficient (Wildman–Crippen LogP) is 2.72. The van der Waals surface area contributed by atoms with E-state index >= 15 is 0 Å². The summed E-state index contributed by atoms with van der Waals surface area (Å²) >= 11 is 3.41. The van der Waals surface area contributed by atoms with Crippen molar-refractivity contribution in [3.05, 3.63) is 28.7 Å². The number of piperidine rings is 1. The molecule has 1 aromatic carbocycles. The first-order valence-corrected chi connectivity index (χ1v) is 8.81. The third-order valence-corrected chi connectivity index (χ3v) is 4.92. The van der Waals surface area contributed by atoms with Crippen LogP contribution < -0.4 is 5.32 Å². The summed E-state index contributed by atoms with van der Waals surface area (Å²) in [6.07, 6.45) is 3.34. The Morgan fingerprint density at radius 1 is 1.26 bits per heavy atom. The second-order valence-corrected chi connectivity index (χ2v) is 6.86. The van der Waals surface area contributed by atoms with Crippen molar-refractivity contribution < 1.29 is 9.59 Å². The molecule has 0 bridgehead atoms.